The minimum Gasteiger partial charge on any atom is -0.361 e. The van der Waals surface area contributed by atoms with Gasteiger partial charge in [-0.1, -0.05) is 16.8 Å². The molecule has 3 nitrogen and oxygen atoms in total. The zero-order valence-electron chi connectivity index (χ0n) is 8.63. The molecule has 0 amide bonds. The number of nitrogens with zero attached hydrogens (tertiary/aromatic N) is 1. The van der Waals surface area contributed by atoms with E-state index in [0.29, 0.717) is 6.42 Å². The standard InChI is InChI=1S/C11H10ClFN2O/c1-6(15-16)2-7-5-14-11-4-9(12)10(13)3-8(7)11/h3-6,14H,2H2,1H3. The molecule has 1 atom stereocenters. The topological polar surface area (TPSA) is 45.2 Å². The number of rotatable bonds is 3. The van der Waals surface area contributed by atoms with Crippen LogP contribution in [0.5, 0.6) is 0 Å². The number of hydrogen-bond acceptors (Lipinski definition) is 2. The first-order valence-electron chi connectivity index (χ1n) is 4.89. The van der Waals surface area contributed by atoms with Crippen LogP contribution in [0.3, 0.4) is 0 Å². The van der Waals surface area contributed by atoms with Crippen molar-refractivity contribution >= 4 is 22.5 Å². The Morgan fingerprint density at radius 1 is 1.56 bits per heavy atom. The van der Waals surface area contributed by atoms with Crippen LogP contribution in [0.2, 0.25) is 5.02 Å². The van der Waals surface area contributed by atoms with Gasteiger partial charge in [0.1, 0.15) is 5.82 Å². The normalized spacial score (nSPS) is 12.9. The van der Waals surface area contributed by atoms with Gasteiger partial charge >= 0.3 is 0 Å². The monoisotopic (exact) mass is 240 g/mol. The van der Waals surface area contributed by atoms with Gasteiger partial charge in [0.2, 0.25) is 0 Å². The summed E-state index contributed by atoms with van der Waals surface area (Å²) in [6.45, 7) is 1.72. The SMILES string of the molecule is CC(Cc1c[nH]c2cc(Cl)c(F)cc12)N=O. The molecule has 1 unspecified atom stereocenters. The minimum absolute atomic E-state index is 0.0856. The molecule has 2 aromatic rings. The molecule has 5 heteroatoms. The molecule has 84 valence electrons. The highest BCUT2D eigenvalue weighted by Gasteiger charge is 2.11. The van der Waals surface area contributed by atoms with E-state index >= 15 is 0 Å². The predicted molar refractivity (Wildman–Crippen MR) is 62.2 cm³/mol. The number of halogens is 2. The second kappa shape index (κ2) is 4.22. The molecule has 0 saturated heterocycles. The lowest BCUT2D eigenvalue weighted by molar-refractivity contribution is 0.630. The molecule has 0 aliphatic rings. The molecule has 0 radical (unpaired) electrons. The van der Waals surface area contributed by atoms with Crippen molar-refractivity contribution in [3.63, 3.8) is 0 Å². The van der Waals surface area contributed by atoms with Gasteiger partial charge in [-0.15, -0.1) is 0 Å². The maximum Gasteiger partial charge on any atom is 0.142 e. The Hall–Kier alpha value is -1.42. The summed E-state index contributed by atoms with van der Waals surface area (Å²) in [5.74, 6) is -0.457. The maximum atomic E-state index is 13.3. The molecule has 1 aromatic heterocycles. The van der Waals surface area contributed by atoms with Crippen LogP contribution in [0.4, 0.5) is 4.39 Å². The van der Waals surface area contributed by atoms with E-state index in [9.17, 15) is 9.30 Å². The number of H-pyrrole nitrogens is 1. The second-order valence-corrected chi connectivity index (χ2v) is 4.19. The van der Waals surface area contributed by atoms with Gasteiger partial charge in [-0.2, -0.15) is 4.91 Å². The van der Waals surface area contributed by atoms with Gasteiger partial charge in [-0.25, -0.2) is 4.39 Å². The third kappa shape index (κ3) is 1.93. The molecule has 0 saturated carbocycles. The maximum absolute atomic E-state index is 13.3. The van der Waals surface area contributed by atoms with Gasteiger partial charge in [0, 0.05) is 23.5 Å². The Labute approximate surface area is 96.6 Å². The summed E-state index contributed by atoms with van der Waals surface area (Å²) >= 11 is 5.67. The molecule has 1 N–H and O–H groups in total. The summed E-state index contributed by atoms with van der Waals surface area (Å²) in [5, 5.41) is 3.76. The van der Waals surface area contributed by atoms with E-state index in [-0.39, 0.29) is 11.1 Å². The van der Waals surface area contributed by atoms with E-state index < -0.39 is 5.82 Å². The number of nitrogens with one attached hydrogen (secondary N) is 1. The molecule has 0 aliphatic heterocycles. The molecule has 0 aliphatic carbocycles. The number of fused-ring (bicyclic) bond motifs is 1. The van der Waals surface area contributed by atoms with Crippen LogP contribution < -0.4 is 0 Å². The fourth-order valence-corrected chi connectivity index (χ4v) is 1.86. The van der Waals surface area contributed by atoms with Gasteiger partial charge < -0.3 is 4.98 Å². The number of nitroso groups, excluding NO2 is 1. The highest BCUT2D eigenvalue weighted by Crippen LogP contribution is 2.26. The van der Waals surface area contributed by atoms with Crippen LogP contribution in [0.1, 0.15) is 12.5 Å². The number of aromatic nitrogens is 1. The first kappa shape index (κ1) is 11.1. The predicted octanol–water partition coefficient (Wildman–Crippen LogP) is 3.66. The molecule has 0 bridgehead atoms. The van der Waals surface area contributed by atoms with Crippen molar-refractivity contribution in [1.29, 1.82) is 0 Å². The van der Waals surface area contributed by atoms with Crippen molar-refractivity contribution in [2.45, 2.75) is 19.4 Å². The third-order valence-electron chi connectivity index (χ3n) is 2.50. The molecular weight excluding hydrogens is 231 g/mol. The lowest BCUT2D eigenvalue weighted by Crippen LogP contribution is -2.00. The Bertz CT molecular complexity index is 538. The van der Waals surface area contributed by atoms with Gasteiger partial charge in [-0.3, -0.25) is 0 Å². The van der Waals surface area contributed by atoms with Crippen LogP contribution in [0.15, 0.2) is 23.5 Å². The zero-order valence-corrected chi connectivity index (χ0v) is 9.38. The average Bonchev–Trinajstić information content (AvgIpc) is 2.62. The third-order valence-corrected chi connectivity index (χ3v) is 2.79. The fourth-order valence-electron chi connectivity index (χ4n) is 1.70. The average molecular weight is 241 g/mol. The Morgan fingerprint density at radius 2 is 2.31 bits per heavy atom. The summed E-state index contributed by atoms with van der Waals surface area (Å²) in [4.78, 5) is 13.3. The molecule has 2 rings (SSSR count). The number of benzene rings is 1. The molecule has 1 heterocycles. The zero-order chi connectivity index (χ0) is 11.7. The summed E-state index contributed by atoms with van der Waals surface area (Å²) in [7, 11) is 0. The van der Waals surface area contributed by atoms with E-state index in [2.05, 4.69) is 10.2 Å². The molecule has 0 spiro atoms. The van der Waals surface area contributed by atoms with Gasteiger partial charge in [-0.05, 0) is 24.6 Å². The lowest BCUT2D eigenvalue weighted by atomic mass is 10.1. The van der Waals surface area contributed by atoms with E-state index in [0.717, 1.165) is 16.5 Å². The van der Waals surface area contributed by atoms with Gasteiger partial charge in [0.25, 0.3) is 0 Å². The summed E-state index contributed by atoms with van der Waals surface area (Å²) in [5.41, 5.74) is 1.64. The summed E-state index contributed by atoms with van der Waals surface area (Å²) in [6, 6.07) is 2.59. The van der Waals surface area contributed by atoms with Crippen molar-refractivity contribution in [3.8, 4) is 0 Å². The van der Waals surface area contributed by atoms with Gasteiger partial charge in [0.05, 0.1) is 11.1 Å². The molecule has 16 heavy (non-hydrogen) atoms. The largest absolute Gasteiger partial charge is 0.361 e. The van der Waals surface area contributed by atoms with Crippen LogP contribution >= 0.6 is 11.6 Å². The highest BCUT2D eigenvalue weighted by molar-refractivity contribution is 6.31. The van der Waals surface area contributed by atoms with Crippen LogP contribution in [0.25, 0.3) is 10.9 Å². The van der Waals surface area contributed by atoms with Crippen molar-refractivity contribution in [1.82, 2.24) is 4.98 Å². The summed E-state index contributed by atoms with van der Waals surface area (Å²) < 4.78 is 13.3. The van der Waals surface area contributed by atoms with E-state index in [1.165, 1.54) is 12.1 Å². The van der Waals surface area contributed by atoms with Crippen LogP contribution in [0, 0.1) is 10.7 Å². The lowest BCUT2D eigenvalue weighted by Gasteiger charge is -2.01. The molecular formula is C11H10ClFN2O. The molecule has 1 aromatic carbocycles. The number of hydrogen-bond donors (Lipinski definition) is 1. The highest BCUT2D eigenvalue weighted by atomic mass is 35.5. The van der Waals surface area contributed by atoms with Crippen molar-refractivity contribution in [2.24, 2.45) is 5.18 Å². The first-order valence-corrected chi connectivity index (χ1v) is 5.27. The van der Waals surface area contributed by atoms with E-state index in [1.807, 2.05) is 0 Å². The van der Waals surface area contributed by atoms with Crippen molar-refractivity contribution in [2.75, 3.05) is 0 Å². The fraction of sp³-hybridized carbons (Fsp3) is 0.273. The smallest absolute Gasteiger partial charge is 0.142 e. The van der Waals surface area contributed by atoms with Crippen LogP contribution in [-0.4, -0.2) is 11.0 Å². The van der Waals surface area contributed by atoms with Crippen molar-refractivity contribution < 1.29 is 4.39 Å². The Morgan fingerprint density at radius 3 is 3.00 bits per heavy atom. The first-order chi connectivity index (χ1) is 7.61. The minimum atomic E-state index is -0.457. The van der Waals surface area contributed by atoms with E-state index in [1.54, 1.807) is 13.1 Å². The Kier molecular flexibility index (Phi) is 2.92. The quantitative estimate of drug-likeness (QED) is 0.818. The van der Waals surface area contributed by atoms with Gasteiger partial charge in [0.15, 0.2) is 0 Å². The number of aromatic amines is 1. The molecule has 0 fully saturated rings. The van der Waals surface area contributed by atoms with Crippen LogP contribution in [-0.2, 0) is 6.42 Å². The summed E-state index contributed by atoms with van der Waals surface area (Å²) in [6.07, 6.45) is 2.24. The van der Waals surface area contributed by atoms with Crippen molar-refractivity contribution in [3.05, 3.63) is 39.6 Å². The Balaban J connectivity index is 2.47. The van der Waals surface area contributed by atoms with E-state index in [4.69, 9.17) is 11.6 Å². The second-order valence-electron chi connectivity index (χ2n) is 3.78.